The first-order chi connectivity index (χ1) is 36.3. The normalized spacial score (nSPS) is 11.9. The molecule has 0 heterocycles. The van der Waals surface area contributed by atoms with E-state index in [-0.39, 0.29) is 83.6 Å². The van der Waals surface area contributed by atoms with Gasteiger partial charge in [0.15, 0.2) is 5.52 Å². The van der Waals surface area contributed by atoms with Gasteiger partial charge >= 0.3 is 35.8 Å². The molecule has 17 nitrogen and oxygen atoms in total. The van der Waals surface area contributed by atoms with Crippen molar-refractivity contribution in [3.8, 4) is 5.75 Å². The molecule has 408 valence electrons. The molecule has 0 spiro atoms. The maximum absolute atomic E-state index is 13.0. The van der Waals surface area contributed by atoms with Crippen LogP contribution in [0, 0.1) is 5.92 Å². The highest BCUT2D eigenvalue weighted by Gasteiger charge is 2.15. The summed E-state index contributed by atoms with van der Waals surface area (Å²) >= 11 is 0. The van der Waals surface area contributed by atoms with Gasteiger partial charge in [-0.05, 0) is 120 Å². The maximum Gasteiger partial charge on any atom is 0.343 e. The largest absolute Gasteiger partial charge is 0.463 e. The maximum atomic E-state index is 13.0. The lowest BCUT2D eigenvalue weighted by atomic mass is 10.0. The first kappa shape index (κ1) is 67.9. The van der Waals surface area contributed by atoms with Crippen molar-refractivity contribution in [3.63, 3.8) is 0 Å². The number of aldehydes is 1. The molecular formula is C58H70NO16P. The van der Waals surface area contributed by atoms with E-state index in [2.05, 4.69) is 31.6 Å². The number of hydrogen-bond acceptors (Lipinski definition) is 16. The van der Waals surface area contributed by atoms with Crippen LogP contribution in [0.2, 0.25) is 0 Å². The molecule has 0 radical (unpaired) electrons. The zero-order valence-electron chi connectivity index (χ0n) is 44.3. The van der Waals surface area contributed by atoms with Gasteiger partial charge in [-0.25, -0.2) is 9.59 Å². The molecule has 0 aliphatic heterocycles. The first-order valence-corrected chi connectivity index (χ1v) is 24.9. The zero-order chi connectivity index (χ0) is 57.3. The summed E-state index contributed by atoms with van der Waals surface area (Å²) in [5, 5.41) is 2.43. The molecule has 0 saturated carbocycles. The molecule has 0 fully saturated rings. The molecule has 2 rings (SSSR count). The Balaban J connectivity index is 0.00000460. The number of rotatable bonds is 30. The third-order valence-electron chi connectivity index (χ3n) is 9.41. The van der Waals surface area contributed by atoms with Crippen LogP contribution < -0.4 is 10.1 Å². The van der Waals surface area contributed by atoms with Crippen molar-refractivity contribution >= 4 is 73.3 Å². The molecule has 18 heteroatoms. The number of benzene rings is 2. The van der Waals surface area contributed by atoms with E-state index >= 15 is 0 Å². The summed E-state index contributed by atoms with van der Waals surface area (Å²) in [6, 6.07) is 13.6. The molecule has 0 bridgehead atoms. The minimum atomic E-state index is -0.620. The van der Waals surface area contributed by atoms with Crippen LogP contribution in [0.4, 0.5) is 0 Å². The number of amides is 1. The van der Waals surface area contributed by atoms with Gasteiger partial charge in [0.2, 0.25) is 5.91 Å². The van der Waals surface area contributed by atoms with Crippen molar-refractivity contribution in [2.75, 3.05) is 46.7 Å². The van der Waals surface area contributed by atoms with Gasteiger partial charge in [0, 0.05) is 32.2 Å². The number of likely N-dealkylation sites (N-methyl/N-ethyl adjacent to an activating group) is 1. The molecule has 2 unspecified atom stereocenters. The molecule has 1 amide bonds. The highest BCUT2D eigenvalue weighted by molar-refractivity contribution is 7.58. The fourth-order valence-electron chi connectivity index (χ4n) is 5.36. The lowest BCUT2D eigenvalue weighted by Gasteiger charge is -2.09. The molecule has 0 aliphatic carbocycles. The van der Waals surface area contributed by atoms with Crippen LogP contribution >= 0.6 is 8.58 Å². The summed E-state index contributed by atoms with van der Waals surface area (Å²) in [6.45, 7) is 22.4. The van der Waals surface area contributed by atoms with Gasteiger partial charge < -0.3 is 38.5 Å². The molecule has 0 aromatic heterocycles. The van der Waals surface area contributed by atoms with Crippen molar-refractivity contribution in [3.05, 3.63) is 175 Å². The third-order valence-corrected chi connectivity index (χ3v) is 10.5. The molecule has 1 N–H and O–H groups in total. The Hall–Kier alpha value is -8.14. The summed E-state index contributed by atoms with van der Waals surface area (Å²) in [4.78, 5) is 104. The molecular weight excluding hydrogens is 998 g/mol. The van der Waals surface area contributed by atoms with Crippen LogP contribution in [0.25, 0.3) is 11.1 Å². The Morgan fingerprint density at radius 3 is 1.72 bits per heavy atom. The fourth-order valence-corrected chi connectivity index (χ4v) is 6.12. The van der Waals surface area contributed by atoms with Gasteiger partial charge in [-0.1, -0.05) is 87.0 Å². The first-order valence-electron chi connectivity index (χ1n) is 23.7. The average Bonchev–Trinajstić information content (AvgIpc) is 3.42. The Morgan fingerprint density at radius 1 is 0.684 bits per heavy atom. The van der Waals surface area contributed by atoms with Gasteiger partial charge in [-0.15, -0.1) is 0 Å². The Bertz CT molecular complexity index is 2490. The Morgan fingerprint density at radius 2 is 1.21 bits per heavy atom. The molecule has 2 aromatic rings. The Labute approximate surface area is 447 Å². The van der Waals surface area contributed by atoms with Crippen molar-refractivity contribution in [1.82, 2.24) is 5.32 Å². The van der Waals surface area contributed by atoms with Gasteiger partial charge in [-0.3, -0.25) is 33.6 Å². The number of methoxy groups -OCH3 is 1. The van der Waals surface area contributed by atoms with Crippen LogP contribution in [0.1, 0.15) is 81.8 Å². The standard InChI is InChI=1S/C50H57O14P.C5H9NO.C3H4O/c1-8-37(13-12-34-65-48(55)29-28-46(53)61-33-32-59-44(51)11-4)39-17-19-41(20-18-39)50(57)64-42(10-3)23-15-36(6)62-49(56)35(5)14-16-38(9-2)40-21-24-43(25-22-40)63-47(54)27-26-45(52)60-31-30-58-7;1-4(2)5(7)6-3;1-2-3-4/h8-25,35,65H,3-4,26-34H2,1-2,5-7H3;1H2,2-3H3,(H,6,7);2-3H,1H2/b13-12-,16-14-,36-15+,37-8+,38-9+,42-23+;;. The fraction of sp³-hybridized carbons (Fsp3) is 0.293. The van der Waals surface area contributed by atoms with Crippen molar-refractivity contribution in [2.24, 2.45) is 5.92 Å². The second-order valence-corrected chi connectivity index (χ2v) is 16.6. The second-order valence-electron chi connectivity index (χ2n) is 15.3. The number of hydrogen-bond donors (Lipinski definition) is 1. The minimum absolute atomic E-state index is 0.0263. The topological polar surface area (TPSA) is 230 Å². The van der Waals surface area contributed by atoms with E-state index in [0.29, 0.717) is 29.3 Å². The van der Waals surface area contributed by atoms with E-state index in [1.807, 2.05) is 38.2 Å². The van der Waals surface area contributed by atoms with Crippen molar-refractivity contribution in [2.45, 2.75) is 60.3 Å². The lowest BCUT2D eigenvalue weighted by Crippen LogP contribution is -2.17. The van der Waals surface area contributed by atoms with Crippen molar-refractivity contribution < 1.29 is 76.3 Å². The summed E-state index contributed by atoms with van der Waals surface area (Å²) in [5.74, 6) is -3.37. The van der Waals surface area contributed by atoms with Crippen molar-refractivity contribution in [1.29, 1.82) is 0 Å². The highest BCUT2D eigenvalue weighted by Crippen LogP contribution is 2.23. The summed E-state index contributed by atoms with van der Waals surface area (Å²) in [5.41, 5.74) is 4.11. The van der Waals surface area contributed by atoms with Crippen LogP contribution in [0.3, 0.4) is 0 Å². The molecule has 2 atom stereocenters. The number of allylic oxidation sites excluding steroid dienone is 12. The summed E-state index contributed by atoms with van der Waals surface area (Å²) in [7, 11) is 3.05. The van der Waals surface area contributed by atoms with Gasteiger partial charge in [0.1, 0.15) is 43.4 Å². The van der Waals surface area contributed by atoms with Crippen LogP contribution in [-0.4, -0.2) is 100 Å². The molecule has 0 saturated heterocycles. The SMILES string of the molecule is C=C(C)C(=O)NC.C=CC(=O)OCCOC(=O)CCC(=O)PC/C=C\C(=C/C)c1ccc(C(=O)O/C(C=C)=C/C=C(\C)OC(=O)C(C)/C=C\C(=C/C)c2ccc(OC(=O)CCC(=O)OCCOC)cc2)cc1.C=CC=O. The smallest absolute Gasteiger partial charge is 0.343 e. The summed E-state index contributed by atoms with van der Waals surface area (Å²) < 4.78 is 35.8. The lowest BCUT2D eigenvalue weighted by molar-refractivity contribution is -0.150. The molecule has 2 aromatic carbocycles. The third kappa shape index (κ3) is 31.4. The van der Waals surface area contributed by atoms with Gasteiger partial charge in [-0.2, -0.15) is 0 Å². The zero-order valence-corrected chi connectivity index (χ0v) is 45.3. The van der Waals surface area contributed by atoms with E-state index in [4.69, 9.17) is 38.0 Å². The number of nitrogens with one attached hydrogen (secondary N) is 1. The number of ether oxygens (including phenoxy) is 7. The monoisotopic (exact) mass is 1070 g/mol. The average molecular weight is 1070 g/mol. The predicted octanol–water partition coefficient (Wildman–Crippen LogP) is 9.43. The van der Waals surface area contributed by atoms with E-state index < -0.39 is 41.7 Å². The minimum Gasteiger partial charge on any atom is -0.463 e. The van der Waals surface area contributed by atoms with E-state index in [0.717, 1.165) is 28.3 Å². The predicted molar refractivity (Wildman–Crippen MR) is 294 cm³/mol. The molecule has 76 heavy (non-hydrogen) atoms. The highest BCUT2D eigenvalue weighted by atomic mass is 31.1. The Kier molecular flexibility index (Phi) is 36.8. The van der Waals surface area contributed by atoms with E-state index in [1.54, 1.807) is 88.5 Å². The number of esters is 6. The van der Waals surface area contributed by atoms with Crippen LogP contribution in [-0.2, 0) is 66.8 Å². The number of carbonyl (C=O) groups excluding carboxylic acids is 9. The van der Waals surface area contributed by atoms with E-state index in [9.17, 15) is 38.4 Å². The van der Waals surface area contributed by atoms with Gasteiger partial charge in [0.25, 0.3) is 0 Å². The number of carbonyl (C=O) groups is 9. The molecule has 0 aliphatic rings. The second kappa shape index (κ2) is 41.2. The van der Waals surface area contributed by atoms with Crippen LogP contribution in [0.5, 0.6) is 5.75 Å². The van der Waals surface area contributed by atoms with Gasteiger partial charge in [0.05, 0.1) is 37.4 Å². The van der Waals surface area contributed by atoms with Crippen LogP contribution in [0.15, 0.2) is 159 Å². The summed E-state index contributed by atoms with van der Waals surface area (Å²) in [6.07, 6.45) is 18.4. The quantitative estimate of drug-likeness (QED) is 0.00883. The van der Waals surface area contributed by atoms with E-state index in [1.165, 1.54) is 31.4 Å².